The summed E-state index contributed by atoms with van der Waals surface area (Å²) in [7, 11) is 0. The van der Waals surface area contributed by atoms with Gasteiger partial charge in [0.2, 0.25) is 0 Å². The lowest BCUT2D eigenvalue weighted by atomic mass is 10.0. The van der Waals surface area contributed by atoms with Crippen molar-refractivity contribution in [1.29, 1.82) is 0 Å². The zero-order chi connectivity index (χ0) is 11.8. The molecule has 1 heteroatoms. The Morgan fingerprint density at radius 3 is 2.29 bits per heavy atom. The van der Waals surface area contributed by atoms with Crippen LogP contribution in [-0.2, 0) is 6.42 Å². The Morgan fingerprint density at radius 1 is 1.12 bits per heavy atom. The molecule has 0 unspecified atom stereocenters. The molecule has 2 saturated heterocycles. The van der Waals surface area contributed by atoms with E-state index in [-0.39, 0.29) is 0 Å². The minimum atomic E-state index is 0.844. The molecule has 2 aliphatic rings. The molecule has 1 nitrogen and oxygen atoms in total. The van der Waals surface area contributed by atoms with Gasteiger partial charge in [-0.3, -0.25) is 0 Å². The largest absolute Gasteiger partial charge is 0.366 e. The number of nitrogens with zero attached hydrogens (tertiary/aromatic N) is 1. The summed E-state index contributed by atoms with van der Waals surface area (Å²) in [6.07, 6.45) is 8.13. The summed E-state index contributed by atoms with van der Waals surface area (Å²) < 4.78 is 0. The lowest BCUT2D eigenvalue weighted by Gasteiger charge is -2.25. The number of aryl methyl sites for hydroxylation is 2. The number of hydrogen-bond donors (Lipinski definition) is 0. The van der Waals surface area contributed by atoms with Gasteiger partial charge in [-0.15, -0.1) is 0 Å². The fourth-order valence-corrected chi connectivity index (χ4v) is 3.72. The van der Waals surface area contributed by atoms with Gasteiger partial charge >= 0.3 is 0 Å². The van der Waals surface area contributed by atoms with Crippen molar-refractivity contribution in [3.05, 3.63) is 29.3 Å². The van der Waals surface area contributed by atoms with Gasteiger partial charge in [-0.25, -0.2) is 0 Å². The van der Waals surface area contributed by atoms with E-state index in [1.165, 1.54) is 55.3 Å². The average molecular weight is 229 g/mol. The highest BCUT2D eigenvalue weighted by Crippen LogP contribution is 2.41. The van der Waals surface area contributed by atoms with Crippen LogP contribution in [0.2, 0.25) is 0 Å². The van der Waals surface area contributed by atoms with Crippen LogP contribution in [0.4, 0.5) is 5.69 Å². The van der Waals surface area contributed by atoms with Crippen molar-refractivity contribution < 1.29 is 0 Å². The molecule has 2 fully saturated rings. The lowest BCUT2D eigenvalue weighted by molar-refractivity contribution is 0.576. The molecule has 2 bridgehead atoms. The van der Waals surface area contributed by atoms with Gasteiger partial charge in [0.15, 0.2) is 0 Å². The first-order valence-corrected chi connectivity index (χ1v) is 7.17. The van der Waals surface area contributed by atoms with Crippen LogP contribution in [0.1, 0.15) is 50.2 Å². The van der Waals surface area contributed by atoms with Crippen molar-refractivity contribution in [2.75, 3.05) is 4.90 Å². The van der Waals surface area contributed by atoms with Crippen molar-refractivity contribution in [3.63, 3.8) is 0 Å². The quantitative estimate of drug-likeness (QED) is 0.755. The second-order valence-corrected chi connectivity index (χ2v) is 5.73. The van der Waals surface area contributed by atoms with Crippen LogP contribution >= 0.6 is 0 Å². The van der Waals surface area contributed by atoms with Crippen LogP contribution in [-0.4, -0.2) is 12.1 Å². The minimum Gasteiger partial charge on any atom is -0.366 e. The molecule has 92 valence electrons. The molecule has 17 heavy (non-hydrogen) atoms. The summed E-state index contributed by atoms with van der Waals surface area (Å²) in [5, 5.41) is 0. The summed E-state index contributed by atoms with van der Waals surface area (Å²) in [4.78, 5) is 2.70. The topological polar surface area (TPSA) is 3.24 Å². The molecule has 2 heterocycles. The van der Waals surface area contributed by atoms with Crippen LogP contribution in [0, 0.1) is 6.92 Å². The zero-order valence-corrected chi connectivity index (χ0v) is 11.1. The van der Waals surface area contributed by atoms with E-state index in [9.17, 15) is 0 Å². The van der Waals surface area contributed by atoms with E-state index in [0.717, 1.165) is 12.1 Å². The van der Waals surface area contributed by atoms with Crippen LogP contribution in [0.5, 0.6) is 0 Å². The van der Waals surface area contributed by atoms with E-state index in [1.807, 2.05) is 0 Å². The minimum absolute atomic E-state index is 0.844. The molecule has 0 atom stereocenters. The fourth-order valence-electron chi connectivity index (χ4n) is 3.72. The van der Waals surface area contributed by atoms with Crippen molar-refractivity contribution in [2.45, 2.75) is 64.5 Å². The van der Waals surface area contributed by atoms with Gasteiger partial charge in [0, 0.05) is 17.8 Å². The Kier molecular flexibility index (Phi) is 2.85. The molecule has 0 aromatic heterocycles. The molecule has 1 aromatic rings. The monoisotopic (exact) mass is 229 g/mol. The molecule has 1 aromatic carbocycles. The summed E-state index contributed by atoms with van der Waals surface area (Å²) in [6.45, 7) is 4.53. The molecule has 0 radical (unpaired) electrons. The summed E-state index contributed by atoms with van der Waals surface area (Å²) in [6, 6.07) is 8.82. The molecule has 0 amide bonds. The Labute approximate surface area is 105 Å². The Bertz CT molecular complexity index is 390. The van der Waals surface area contributed by atoms with Crippen molar-refractivity contribution in [1.82, 2.24) is 0 Å². The molecule has 0 N–H and O–H groups in total. The van der Waals surface area contributed by atoms with Crippen molar-refractivity contribution in [2.24, 2.45) is 0 Å². The van der Waals surface area contributed by atoms with Gasteiger partial charge in [0.25, 0.3) is 0 Å². The first-order chi connectivity index (χ1) is 8.29. The standard InChI is InChI=1S/C16H23N/c1-3-4-13-5-6-16(11-12(13)2)17-14-7-8-15(17)10-9-14/h5-6,11,14-15H,3-4,7-10H2,1-2H3. The summed E-state index contributed by atoms with van der Waals surface area (Å²) >= 11 is 0. The highest BCUT2D eigenvalue weighted by Gasteiger charge is 2.39. The van der Waals surface area contributed by atoms with E-state index in [1.54, 1.807) is 0 Å². The lowest BCUT2D eigenvalue weighted by Crippen LogP contribution is -2.27. The van der Waals surface area contributed by atoms with Crippen LogP contribution in [0.15, 0.2) is 18.2 Å². The number of hydrogen-bond acceptors (Lipinski definition) is 1. The van der Waals surface area contributed by atoms with Crippen LogP contribution in [0.3, 0.4) is 0 Å². The Hall–Kier alpha value is -0.980. The Balaban J connectivity index is 1.87. The zero-order valence-electron chi connectivity index (χ0n) is 11.1. The molecular weight excluding hydrogens is 206 g/mol. The maximum absolute atomic E-state index is 2.70. The molecule has 0 aliphatic carbocycles. The van der Waals surface area contributed by atoms with Gasteiger partial charge in [0.05, 0.1) is 0 Å². The Morgan fingerprint density at radius 2 is 1.76 bits per heavy atom. The van der Waals surface area contributed by atoms with E-state index < -0.39 is 0 Å². The van der Waals surface area contributed by atoms with Crippen LogP contribution in [0.25, 0.3) is 0 Å². The molecule has 0 saturated carbocycles. The second-order valence-electron chi connectivity index (χ2n) is 5.73. The third-order valence-corrected chi connectivity index (χ3v) is 4.60. The van der Waals surface area contributed by atoms with E-state index in [2.05, 4.69) is 36.9 Å². The fraction of sp³-hybridized carbons (Fsp3) is 0.625. The highest BCUT2D eigenvalue weighted by atomic mass is 15.2. The van der Waals surface area contributed by atoms with Crippen molar-refractivity contribution in [3.8, 4) is 0 Å². The highest BCUT2D eigenvalue weighted by molar-refractivity contribution is 5.54. The van der Waals surface area contributed by atoms with Crippen molar-refractivity contribution >= 4 is 5.69 Å². The maximum atomic E-state index is 2.70. The maximum Gasteiger partial charge on any atom is 0.0374 e. The molecular formula is C16H23N. The predicted octanol–water partition coefficient (Wildman–Crippen LogP) is 4.08. The van der Waals surface area contributed by atoms with Gasteiger partial charge in [-0.1, -0.05) is 19.4 Å². The van der Waals surface area contributed by atoms with Gasteiger partial charge < -0.3 is 4.90 Å². The predicted molar refractivity (Wildman–Crippen MR) is 73.7 cm³/mol. The normalized spacial score (nSPS) is 26.8. The van der Waals surface area contributed by atoms with E-state index >= 15 is 0 Å². The first kappa shape index (κ1) is 11.1. The van der Waals surface area contributed by atoms with E-state index in [0.29, 0.717) is 0 Å². The molecule has 2 aliphatic heterocycles. The first-order valence-electron chi connectivity index (χ1n) is 7.17. The summed E-state index contributed by atoms with van der Waals surface area (Å²) in [5.41, 5.74) is 4.49. The van der Waals surface area contributed by atoms with Gasteiger partial charge in [0.1, 0.15) is 0 Å². The third-order valence-electron chi connectivity index (χ3n) is 4.60. The third kappa shape index (κ3) is 1.86. The SMILES string of the molecule is CCCc1ccc(N2C3CCC2CC3)cc1C. The van der Waals surface area contributed by atoms with Gasteiger partial charge in [-0.2, -0.15) is 0 Å². The van der Waals surface area contributed by atoms with E-state index in [4.69, 9.17) is 0 Å². The number of fused-ring (bicyclic) bond motifs is 2. The molecule has 0 spiro atoms. The second kappa shape index (κ2) is 4.36. The number of benzene rings is 1. The van der Waals surface area contributed by atoms with Gasteiger partial charge in [-0.05, 0) is 62.3 Å². The summed E-state index contributed by atoms with van der Waals surface area (Å²) in [5.74, 6) is 0. The smallest absolute Gasteiger partial charge is 0.0374 e. The average Bonchev–Trinajstić information content (AvgIpc) is 2.92. The number of anilines is 1. The number of rotatable bonds is 3. The van der Waals surface area contributed by atoms with Crippen LogP contribution < -0.4 is 4.90 Å². The molecule has 3 rings (SSSR count).